The summed E-state index contributed by atoms with van der Waals surface area (Å²) in [6.45, 7) is 13.9. The molecule has 238 valence electrons. The standard InChI is InChI=1S/C34H52N4O5/c1-8-9-10-11-12-13-14-15-16-17-25-18-20-26(21-19-25)30-36-31(43-37-30)27-23-38(24-27)28(22-29(39)41-33(2,3)4)35-32(40)42-34(5,6)7/h18-21,27H,8-17,22-24H2,1-7H3. The van der Waals surface area contributed by atoms with Crippen molar-refractivity contribution in [3.05, 3.63) is 35.7 Å². The molecule has 0 aliphatic carbocycles. The highest BCUT2D eigenvalue weighted by atomic mass is 16.6. The molecule has 1 aliphatic rings. The molecule has 9 heteroatoms. The van der Waals surface area contributed by atoms with E-state index in [1.54, 1.807) is 41.5 Å². The Hall–Kier alpha value is -3.23. The summed E-state index contributed by atoms with van der Waals surface area (Å²) in [5.74, 6) is 0.898. The Morgan fingerprint density at radius 3 is 2.05 bits per heavy atom. The van der Waals surface area contributed by atoms with E-state index < -0.39 is 23.3 Å². The average Bonchev–Trinajstić information content (AvgIpc) is 3.34. The topological polar surface area (TPSA) is 107 Å². The Morgan fingerprint density at radius 2 is 1.47 bits per heavy atom. The lowest BCUT2D eigenvalue weighted by Crippen LogP contribution is -2.49. The Kier molecular flexibility index (Phi) is 12.8. The summed E-state index contributed by atoms with van der Waals surface area (Å²) in [6, 6.07) is 8.41. The lowest BCUT2D eigenvalue weighted by molar-refractivity contribution is -0.153. The van der Waals surface area contributed by atoms with Gasteiger partial charge in [0.1, 0.15) is 23.5 Å². The Balaban J connectivity index is 1.50. The number of amidine groups is 1. The van der Waals surface area contributed by atoms with E-state index in [0.29, 0.717) is 30.6 Å². The number of carbonyl (C=O) groups excluding carboxylic acids is 2. The zero-order valence-corrected chi connectivity index (χ0v) is 27.4. The third-order valence-corrected chi connectivity index (χ3v) is 7.16. The molecular weight excluding hydrogens is 544 g/mol. The van der Waals surface area contributed by atoms with E-state index in [1.165, 1.54) is 63.4 Å². The van der Waals surface area contributed by atoms with Crippen LogP contribution < -0.4 is 0 Å². The second kappa shape index (κ2) is 16.0. The highest BCUT2D eigenvalue weighted by molar-refractivity contribution is 6.02. The fourth-order valence-electron chi connectivity index (χ4n) is 4.94. The van der Waals surface area contributed by atoms with E-state index in [1.807, 2.05) is 4.90 Å². The Morgan fingerprint density at radius 1 is 0.884 bits per heavy atom. The van der Waals surface area contributed by atoms with Crippen LogP contribution in [0.3, 0.4) is 0 Å². The van der Waals surface area contributed by atoms with Gasteiger partial charge in [-0.2, -0.15) is 9.98 Å². The first-order chi connectivity index (χ1) is 20.3. The Bertz CT molecular complexity index is 1180. The second-order valence-corrected chi connectivity index (χ2v) is 13.6. The fraction of sp³-hybridized carbons (Fsp3) is 0.676. The lowest BCUT2D eigenvalue weighted by atomic mass is 9.99. The van der Waals surface area contributed by atoms with Crippen molar-refractivity contribution in [1.29, 1.82) is 0 Å². The van der Waals surface area contributed by atoms with Crippen LogP contribution in [0.2, 0.25) is 0 Å². The largest absolute Gasteiger partial charge is 0.460 e. The Labute approximate surface area is 257 Å². The molecule has 0 unspecified atom stereocenters. The van der Waals surface area contributed by atoms with E-state index in [9.17, 15) is 9.59 Å². The molecule has 9 nitrogen and oxygen atoms in total. The van der Waals surface area contributed by atoms with Gasteiger partial charge >= 0.3 is 12.1 Å². The molecule has 2 aromatic rings. The number of benzene rings is 1. The first kappa shape index (κ1) is 34.3. The maximum Gasteiger partial charge on any atom is 0.435 e. The van der Waals surface area contributed by atoms with Crippen LogP contribution in [0.25, 0.3) is 11.4 Å². The van der Waals surface area contributed by atoms with Crippen molar-refractivity contribution >= 4 is 17.9 Å². The minimum Gasteiger partial charge on any atom is -0.460 e. The molecule has 0 N–H and O–H groups in total. The SMILES string of the molecule is CCCCCCCCCCCc1ccc(-c2noc(C3CN(C(CC(=O)OC(C)(C)C)=NC(=O)OC(C)(C)C)C3)n2)cc1. The first-order valence-corrected chi connectivity index (χ1v) is 16.0. The third-order valence-electron chi connectivity index (χ3n) is 7.16. The van der Waals surface area contributed by atoms with Gasteiger partial charge in [-0.3, -0.25) is 4.79 Å². The van der Waals surface area contributed by atoms with Gasteiger partial charge in [-0.05, 0) is 59.9 Å². The van der Waals surface area contributed by atoms with Crippen LogP contribution in [0.1, 0.15) is 130 Å². The number of aromatic nitrogens is 2. The molecule has 1 aromatic carbocycles. The number of rotatable bonds is 14. The number of likely N-dealkylation sites (tertiary alicyclic amines) is 1. The number of ether oxygens (including phenoxy) is 2. The van der Waals surface area contributed by atoms with Gasteiger partial charge in [0.2, 0.25) is 11.7 Å². The molecule has 1 saturated heterocycles. The number of esters is 1. The molecule has 1 aromatic heterocycles. The zero-order valence-electron chi connectivity index (χ0n) is 27.4. The van der Waals surface area contributed by atoms with Gasteiger partial charge in [0.05, 0.1) is 5.92 Å². The number of nitrogens with zero attached hydrogens (tertiary/aromatic N) is 4. The van der Waals surface area contributed by atoms with Crippen molar-refractivity contribution < 1.29 is 23.6 Å². The van der Waals surface area contributed by atoms with E-state index in [-0.39, 0.29) is 12.3 Å². The van der Waals surface area contributed by atoms with E-state index in [0.717, 1.165) is 12.0 Å². The van der Waals surface area contributed by atoms with Crippen LogP contribution in [-0.4, -0.2) is 57.2 Å². The molecule has 1 aliphatic heterocycles. The number of hydrogen-bond acceptors (Lipinski definition) is 7. The molecule has 0 spiro atoms. The van der Waals surface area contributed by atoms with Crippen LogP contribution >= 0.6 is 0 Å². The van der Waals surface area contributed by atoms with Gasteiger partial charge in [-0.1, -0.05) is 87.7 Å². The van der Waals surface area contributed by atoms with Crippen molar-refractivity contribution in [3.63, 3.8) is 0 Å². The van der Waals surface area contributed by atoms with Crippen LogP contribution in [-0.2, 0) is 20.7 Å². The van der Waals surface area contributed by atoms with Crippen LogP contribution in [0.5, 0.6) is 0 Å². The average molecular weight is 597 g/mol. The van der Waals surface area contributed by atoms with Gasteiger partial charge < -0.3 is 18.9 Å². The maximum atomic E-state index is 12.5. The number of amides is 1. The van der Waals surface area contributed by atoms with E-state index in [2.05, 4.69) is 46.3 Å². The van der Waals surface area contributed by atoms with Gasteiger partial charge in [-0.25, -0.2) is 4.79 Å². The van der Waals surface area contributed by atoms with Crippen molar-refractivity contribution in [2.75, 3.05) is 13.1 Å². The molecule has 0 atom stereocenters. The summed E-state index contributed by atoms with van der Waals surface area (Å²) in [5, 5.41) is 4.21. The minimum atomic E-state index is -0.740. The van der Waals surface area contributed by atoms with Crippen molar-refractivity contribution in [3.8, 4) is 11.4 Å². The van der Waals surface area contributed by atoms with E-state index >= 15 is 0 Å². The molecule has 0 saturated carbocycles. The number of aryl methyl sites for hydroxylation is 1. The number of carbonyl (C=O) groups is 2. The molecular formula is C34H52N4O5. The summed E-state index contributed by atoms with van der Waals surface area (Å²) in [7, 11) is 0. The predicted molar refractivity (Wildman–Crippen MR) is 169 cm³/mol. The van der Waals surface area contributed by atoms with E-state index in [4.69, 9.17) is 14.0 Å². The van der Waals surface area contributed by atoms with Crippen LogP contribution in [0, 0.1) is 0 Å². The molecule has 0 bridgehead atoms. The molecule has 0 radical (unpaired) electrons. The molecule has 1 amide bonds. The van der Waals surface area contributed by atoms with Crippen molar-refractivity contribution in [2.45, 2.75) is 136 Å². The normalized spacial score (nSPS) is 14.5. The smallest absolute Gasteiger partial charge is 0.435 e. The number of aliphatic imine (C=N–C) groups is 1. The maximum absolute atomic E-state index is 12.5. The zero-order chi connectivity index (χ0) is 31.5. The molecule has 43 heavy (non-hydrogen) atoms. The quantitative estimate of drug-likeness (QED) is 0.0928. The number of hydrogen-bond donors (Lipinski definition) is 0. The number of unbranched alkanes of at least 4 members (excludes halogenated alkanes) is 8. The second-order valence-electron chi connectivity index (χ2n) is 13.6. The molecule has 2 heterocycles. The summed E-state index contributed by atoms with van der Waals surface area (Å²) in [4.78, 5) is 35.6. The lowest BCUT2D eigenvalue weighted by Gasteiger charge is -2.39. The van der Waals surface area contributed by atoms with Crippen molar-refractivity contribution in [1.82, 2.24) is 15.0 Å². The highest BCUT2D eigenvalue weighted by Crippen LogP contribution is 2.29. The van der Waals surface area contributed by atoms with Gasteiger partial charge in [-0.15, -0.1) is 0 Å². The molecule has 3 rings (SSSR count). The highest BCUT2D eigenvalue weighted by Gasteiger charge is 2.36. The first-order valence-electron chi connectivity index (χ1n) is 16.0. The van der Waals surface area contributed by atoms with Gasteiger partial charge in [0.25, 0.3) is 0 Å². The molecule has 1 fully saturated rings. The monoisotopic (exact) mass is 596 g/mol. The summed E-state index contributed by atoms with van der Waals surface area (Å²) >= 11 is 0. The summed E-state index contributed by atoms with van der Waals surface area (Å²) in [6.07, 6.45) is 12.2. The third kappa shape index (κ3) is 12.5. The predicted octanol–water partition coefficient (Wildman–Crippen LogP) is 8.27. The summed E-state index contributed by atoms with van der Waals surface area (Å²) in [5.41, 5.74) is 0.906. The summed E-state index contributed by atoms with van der Waals surface area (Å²) < 4.78 is 16.4. The van der Waals surface area contributed by atoms with Crippen molar-refractivity contribution in [2.24, 2.45) is 4.99 Å². The van der Waals surface area contributed by atoms with Gasteiger partial charge in [0, 0.05) is 18.7 Å². The fourth-order valence-corrected chi connectivity index (χ4v) is 4.94. The van der Waals surface area contributed by atoms with Gasteiger partial charge in [0.15, 0.2) is 0 Å². The van der Waals surface area contributed by atoms with Crippen LogP contribution in [0.15, 0.2) is 33.8 Å². The minimum absolute atomic E-state index is 0.0327. The van der Waals surface area contributed by atoms with Crippen LogP contribution in [0.4, 0.5) is 4.79 Å².